The highest BCUT2D eigenvalue weighted by molar-refractivity contribution is 6.14. The van der Waals surface area contributed by atoms with Crippen LogP contribution in [0.15, 0.2) is 138 Å². The summed E-state index contributed by atoms with van der Waals surface area (Å²) < 4.78 is 6.37. The van der Waals surface area contributed by atoms with Gasteiger partial charge in [0.2, 0.25) is 0 Å². The third kappa shape index (κ3) is 4.36. The SMILES string of the molecule is C1=Cc2c(c(-c3nc(-c4ccccc4)nc(-c4ccc5cc(-c6ccccc6)ccc5c4)n3)cc3oc4ccccc4c23)NC1. The maximum Gasteiger partial charge on any atom is 0.166 e. The minimum absolute atomic E-state index is 0.597. The molecule has 0 saturated heterocycles. The first-order valence-corrected chi connectivity index (χ1v) is 15.1. The number of anilines is 1. The lowest BCUT2D eigenvalue weighted by Gasteiger charge is -2.18. The molecule has 0 fully saturated rings. The fourth-order valence-electron chi connectivity index (χ4n) is 6.33. The van der Waals surface area contributed by atoms with E-state index in [0.717, 1.165) is 67.2 Å². The van der Waals surface area contributed by atoms with E-state index >= 15 is 0 Å². The number of aromatic nitrogens is 3. The first-order valence-electron chi connectivity index (χ1n) is 15.1. The van der Waals surface area contributed by atoms with Crippen LogP contribution in [-0.4, -0.2) is 21.5 Å². The van der Waals surface area contributed by atoms with Crippen LogP contribution in [-0.2, 0) is 0 Å². The molecule has 45 heavy (non-hydrogen) atoms. The van der Waals surface area contributed by atoms with Gasteiger partial charge in [-0.3, -0.25) is 0 Å². The zero-order chi connectivity index (χ0) is 29.7. The molecule has 6 aromatic carbocycles. The van der Waals surface area contributed by atoms with E-state index in [1.54, 1.807) is 0 Å². The predicted molar refractivity (Wildman–Crippen MR) is 184 cm³/mol. The number of hydrogen-bond donors (Lipinski definition) is 1. The van der Waals surface area contributed by atoms with E-state index < -0.39 is 0 Å². The van der Waals surface area contributed by atoms with Crippen molar-refractivity contribution < 1.29 is 4.42 Å². The van der Waals surface area contributed by atoms with Crippen LogP contribution in [0, 0.1) is 0 Å². The van der Waals surface area contributed by atoms with Crippen molar-refractivity contribution in [1.82, 2.24) is 15.0 Å². The van der Waals surface area contributed by atoms with Crippen molar-refractivity contribution in [2.75, 3.05) is 11.9 Å². The molecule has 0 aliphatic carbocycles. The van der Waals surface area contributed by atoms with E-state index in [4.69, 9.17) is 19.4 Å². The van der Waals surface area contributed by atoms with Crippen molar-refractivity contribution in [3.8, 4) is 45.3 Å². The summed E-state index contributed by atoms with van der Waals surface area (Å²) >= 11 is 0. The van der Waals surface area contributed by atoms with Crippen molar-refractivity contribution in [3.05, 3.63) is 139 Å². The minimum Gasteiger partial charge on any atom is -0.456 e. The molecule has 1 aliphatic rings. The summed E-state index contributed by atoms with van der Waals surface area (Å²) in [4.78, 5) is 15.2. The third-order valence-corrected chi connectivity index (χ3v) is 8.50. The quantitative estimate of drug-likeness (QED) is 0.225. The van der Waals surface area contributed by atoms with Crippen molar-refractivity contribution in [3.63, 3.8) is 0 Å². The van der Waals surface area contributed by atoms with Crippen LogP contribution in [0.2, 0.25) is 0 Å². The Labute approximate surface area is 259 Å². The number of nitrogens with zero attached hydrogens (tertiary/aromatic N) is 3. The molecular formula is C40H26N4O. The highest BCUT2D eigenvalue weighted by atomic mass is 16.3. The molecule has 0 atom stereocenters. The first-order chi connectivity index (χ1) is 22.3. The largest absolute Gasteiger partial charge is 0.456 e. The second kappa shape index (κ2) is 10.3. The van der Waals surface area contributed by atoms with Gasteiger partial charge in [-0.25, -0.2) is 15.0 Å². The molecule has 1 N–H and O–H groups in total. The molecule has 0 amide bonds. The fourth-order valence-corrected chi connectivity index (χ4v) is 6.33. The van der Waals surface area contributed by atoms with Gasteiger partial charge < -0.3 is 9.73 Å². The summed E-state index contributed by atoms with van der Waals surface area (Å²) in [6.07, 6.45) is 4.31. The Morgan fingerprint density at radius 2 is 1.18 bits per heavy atom. The van der Waals surface area contributed by atoms with Crippen LogP contribution in [0.25, 0.3) is 84.1 Å². The number of hydrogen-bond acceptors (Lipinski definition) is 5. The lowest BCUT2D eigenvalue weighted by atomic mass is 9.97. The molecule has 1 aliphatic heterocycles. The monoisotopic (exact) mass is 578 g/mol. The van der Waals surface area contributed by atoms with Gasteiger partial charge in [0.15, 0.2) is 17.5 Å². The van der Waals surface area contributed by atoms with Crippen molar-refractivity contribution in [1.29, 1.82) is 0 Å². The van der Waals surface area contributed by atoms with Crippen molar-refractivity contribution in [2.24, 2.45) is 0 Å². The summed E-state index contributed by atoms with van der Waals surface area (Å²) in [5.74, 6) is 1.84. The summed E-state index contributed by atoms with van der Waals surface area (Å²) in [6.45, 7) is 0.723. The molecule has 5 nitrogen and oxygen atoms in total. The second-order valence-electron chi connectivity index (χ2n) is 11.3. The van der Waals surface area contributed by atoms with Crippen LogP contribution in [0.3, 0.4) is 0 Å². The van der Waals surface area contributed by atoms with Crippen LogP contribution in [0.1, 0.15) is 5.56 Å². The molecule has 0 bridgehead atoms. The molecular weight excluding hydrogens is 552 g/mol. The fraction of sp³-hybridized carbons (Fsp3) is 0.0250. The second-order valence-corrected chi connectivity index (χ2v) is 11.3. The van der Waals surface area contributed by atoms with E-state index in [2.05, 4.69) is 90.3 Å². The van der Waals surface area contributed by atoms with E-state index in [9.17, 15) is 0 Å². The zero-order valence-corrected chi connectivity index (χ0v) is 24.2. The average Bonchev–Trinajstić information content (AvgIpc) is 3.50. The molecule has 0 saturated carbocycles. The highest BCUT2D eigenvalue weighted by Gasteiger charge is 2.22. The van der Waals surface area contributed by atoms with Gasteiger partial charge in [-0.1, -0.05) is 115 Å². The van der Waals surface area contributed by atoms with E-state index in [0.29, 0.717) is 17.5 Å². The highest BCUT2D eigenvalue weighted by Crippen LogP contribution is 2.43. The Hall–Kier alpha value is -6.07. The Bertz CT molecular complexity index is 2430. The van der Waals surface area contributed by atoms with Gasteiger partial charge in [0, 0.05) is 39.6 Å². The molecule has 0 radical (unpaired) electrons. The van der Waals surface area contributed by atoms with Crippen LogP contribution < -0.4 is 5.32 Å². The van der Waals surface area contributed by atoms with Crippen LogP contribution in [0.5, 0.6) is 0 Å². The molecule has 3 heterocycles. The van der Waals surface area contributed by atoms with Gasteiger partial charge in [0.05, 0.1) is 5.69 Å². The molecule has 2 aromatic heterocycles. The van der Waals surface area contributed by atoms with Gasteiger partial charge in [-0.15, -0.1) is 0 Å². The number of para-hydroxylation sites is 1. The van der Waals surface area contributed by atoms with Gasteiger partial charge >= 0.3 is 0 Å². The summed E-state index contributed by atoms with van der Waals surface area (Å²) in [7, 11) is 0. The van der Waals surface area contributed by atoms with Gasteiger partial charge in [-0.2, -0.15) is 0 Å². The standard InChI is InChI=1S/C40H26N4O/c1-3-10-25(11-4-1)27-17-18-29-23-30(20-19-28(29)22-27)39-42-38(26-12-5-2-6-13-26)43-40(44-39)33-24-35-36(32-15-9-21-41-37(32)33)31-14-7-8-16-34(31)45-35/h1-20,22-24,41H,21H2. The maximum atomic E-state index is 6.37. The first kappa shape index (κ1) is 25.4. The lowest BCUT2D eigenvalue weighted by Crippen LogP contribution is -2.08. The number of benzene rings is 6. The molecule has 5 heteroatoms. The maximum absolute atomic E-state index is 6.37. The Kier molecular flexibility index (Phi) is 5.81. The normalized spacial score (nSPS) is 12.4. The number of nitrogens with one attached hydrogen (secondary N) is 1. The zero-order valence-electron chi connectivity index (χ0n) is 24.2. The summed E-state index contributed by atoms with van der Waals surface area (Å²) in [6, 6.07) is 43.8. The van der Waals surface area contributed by atoms with Crippen molar-refractivity contribution >= 4 is 44.5 Å². The number of furan rings is 1. The van der Waals surface area contributed by atoms with Crippen LogP contribution >= 0.6 is 0 Å². The predicted octanol–water partition coefficient (Wildman–Crippen LogP) is 10.0. The molecule has 0 unspecified atom stereocenters. The summed E-state index contributed by atoms with van der Waals surface area (Å²) in [5, 5.41) is 8.09. The Balaban J connectivity index is 1.24. The van der Waals surface area contributed by atoms with Crippen molar-refractivity contribution in [2.45, 2.75) is 0 Å². The van der Waals surface area contributed by atoms with Gasteiger partial charge in [0.1, 0.15) is 11.2 Å². The van der Waals surface area contributed by atoms with E-state index in [1.807, 2.05) is 54.6 Å². The third-order valence-electron chi connectivity index (χ3n) is 8.50. The summed E-state index contributed by atoms with van der Waals surface area (Å²) in [5.41, 5.74) is 8.89. The molecule has 8 aromatic rings. The number of fused-ring (bicyclic) bond motifs is 6. The minimum atomic E-state index is 0.597. The number of rotatable bonds is 4. The van der Waals surface area contributed by atoms with E-state index in [1.165, 1.54) is 11.1 Å². The Morgan fingerprint density at radius 1 is 0.533 bits per heavy atom. The van der Waals surface area contributed by atoms with Crippen LogP contribution in [0.4, 0.5) is 5.69 Å². The van der Waals surface area contributed by atoms with Gasteiger partial charge in [0.25, 0.3) is 0 Å². The molecule has 9 rings (SSSR count). The topological polar surface area (TPSA) is 63.8 Å². The Morgan fingerprint density at radius 3 is 1.98 bits per heavy atom. The lowest BCUT2D eigenvalue weighted by molar-refractivity contribution is 0.669. The molecule has 0 spiro atoms. The van der Waals surface area contributed by atoms with E-state index in [-0.39, 0.29) is 0 Å². The average molecular weight is 579 g/mol. The molecule has 212 valence electrons. The van der Waals surface area contributed by atoms with Gasteiger partial charge in [-0.05, 0) is 46.2 Å². The smallest absolute Gasteiger partial charge is 0.166 e.